The molecule has 2 N–H and O–H groups in total. The zero-order valence-corrected chi connectivity index (χ0v) is 21.2. The Kier molecular flexibility index (Phi) is 8.90. The number of carbonyl (C=O) groups is 2. The number of benzene rings is 3. The normalized spacial score (nSPS) is 10.5. The van der Waals surface area contributed by atoms with Crippen molar-refractivity contribution in [3.63, 3.8) is 0 Å². The Labute approximate surface area is 207 Å². The molecule has 6 nitrogen and oxygen atoms in total. The van der Waals surface area contributed by atoms with Crippen LogP contribution in [0.2, 0.25) is 0 Å². The van der Waals surface area contributed by atoms with E-state index in [4.69, 9.17) is 9.47 Å². The third kappa shape index (κ3) is 6.41. The maximum Gasteiger partial charge on any atom is 0.417 e. The molecule has 0 bridgehead atoms. The molecule has 0 aromatic heterocycles. The lowest BCUT2D eigenvalue weighted by molar-refractivity contribution is 0.214. The minimum absolute atomic E-state index is 0.503. The van der Waals surface area contributed by atoms with Crippen LogP contribution in [0.4, 0.5) is 21.0 Å². The summed E-state index contributed by atoms with van der Waals surface area (Å²) < 4.78 is 11.2. The summed E-state index contributed by atoms with van der Waals surface area (Å²) in [6, 6.07) is 16.7. The van der Waals surface area contributed by atoms with Crippen molar-refractivity contribution in [2.24, 2.45) is 0 Å². The van der Waals surface area contributed by atoms with Gasteiger partial charge in [0, 0.05) is 11.4 Å². The molecule has 3 rings (SSSR count). The first-order valence-corrected chi connectivity index (χ1v) is 12.2. The zero-order chi connectivity index (χ0) is 25.4. The number of hydrogen-bond donors (Lipinski definition) is 2. The molecule has 0 aliphatic rings. The predicted octanol–water partition coefficient (Wildman–Crippen LogP) is 7.47. The van der Waals surface area contributed by atoms with E-state index in [9.17, 15) is 9.59 Å². The van der Waals surface area contributed by atoms with Gasteiger partial charge in [0.2, 0.25) is 0 Å². The van der Waals surface area contributed by atoms with Crippen LogP contribution in [0.3, 0.4) is 0 Å². The molecule has 0 unspecified atom stereocenters. The predicted molar refractivity (Wildman–Crippen MR) is 141 cm³/mol. The van der Waals surface area contributed by atoms with E-state index >= 15 is 0 Å². The fraction of sp³-hybridized carbons (Fsp3) is 0.310. The minimum Gasteiger partial charge on any atom is -0.410 e. The summed E-state index contributed by atoms with van der Waals surface area (Å²) in [7, 11) is 0. The Bertz CT molecular complexity index is 1200. The lowest BCUT2D eigenvalue weighted by atomic mass is 10.0. The van der Waals surface area contributed by atoms with Crippen molar-refractivity contribution < 1.29 is 19.1 Å². The molecule has 3 aromatic rings. The number of rotatable bonds is 8. The molecule has 0 radical (unpaired) electrons. The van der Waals surface area contributed by atoms with Gasteiger partial charge in [0.25, 0.3) is 0 Å². The van der Waals surface area contributed by atoms with Crippen molar-refractivity contribution >= 4 is 23.6 Å². The maximum atomic E-state index is 12.7. The van der Waals surface area contributed by atoms with Crippen LogP contribution in [0, 0.1) is 6.92 Å². The summed E-state index contributed by atoms with van der Waals surface area (Å²) in [5, 5.41) is 5.54. The molecule has 0 aliphatic heterocycles. The van der Waals surface area contributed by atoms with E-state index in [0.29, 0.717) is 22.9 Å². The van der Waals surface area contributed by atoms with Gasteiger partial charge in [0.05, 0.1) is 0 Å². The SMILES string of the molecule is CCc1cccc(OC(=O)Nc2ccc(C)c(NC(=O)Oc3cccc(CC)c3CC)c2)c1CC. The van der Waals surface area contributed by atoms with Crippen LogP contribution in [-0.2, 0) is 25.7 Å². The van der Waals surface area contributed by atoms with Crippen LogP contribution in [-0.4, -0.2) is 12.2 Å². The Morgan fingerprint density at radius 1 is 0.686 bits per heavy atom. The lowest BCUT2D eigenvalue weighted by Crippen LogP contribution is -2.20. The summed E-state index contributed by atoms with van der Waals surface area (Å²) in [5.74, 6) is 1.11. The Hall–Kier alpha value is -3.80. The summed E-state index contributed by atoms with van der Waals surface area (Å²) in [4.78, 5) is 25.3. The van der Waals surface area contributed by atoms with Gasteiger partial charge >= 0.3 is 12.2 Å². The first kappa shape index (κ1) is 25.8. The van der Waals surface area contributed by atoms with Crippen molar-refractivity contribution in [2.75, 3.05) is 10.6 Å². The van der Waals surface area contributed by atoms with Gasteiger partial charge in [-0.15, -0.1) is 0 Å². The first-order valence-electron chi connectivity index (χ1n) is 12.2. The van der Waals surface area contributed by atoms with Crippen LogP contribution >= 0.6 is 0 Å². The van der Waals surface area contributed by atoms with Gasteiger partial charge in [-0.05, 0) is 84.7 Å². The molecular formula is C29H34N2O4. The molecule has 0 atom stereocenters. The van der Waals surface area contributed by atoms with Crippen molar-refractivity contribution in [1.29, 1.82) is 0 Å². The smallest absolute Gasteiger partial charge is 0.410 e. The van der Waals surface area contributed by atoms with Gasteiger partial charge in [-0.25, -0.2) is 9.59 Å². The molecule has 0 saturated heterocycles. The summed E-state index contributed by atoms with van der Waals surface area (Å²) in [6.07, 6.45) is 2.11. The molecule has 0 fully saturated rings. The largest absolute Gasteiger partial charge is 0.417 e. The number of amides is 2. The van der Waals surface area contributed by atoms with Crippen LogP contribution in [0.25, 0.3) is 0 Å². The van der Waals surface area contributed by atoms with Gasteiger partial charge in [-0.1, -0.05) is 58.0 Å². The second kappa shape index (κ2) is 12.1. The van der Waals surface area contributed by atoms with E-state index in [1.165, 1.54) is 0 Å². The van der Waals surface area contributed by atoms with E-state index < -0.39 is 12.2 Å². The third-order valence-corrected chi connectivity index (χ3v) is 6.06. The number of ether oxygens (including phenoxy) is 2. The second-order valence-corrected chi connectivity index (χ2v) is 8.26. The van der Waals surface area contributed by atoms with Crippen LogP contribution < -0.4 is 20.1 Å². The second-order valence-electron chi connectivity index (χ2n) is 8.26. The lowest BCUT2D eigenvalue weighted by Gasteiger charge is -2.15. The number of anilines is 2. The van der Waals surface area contributed by atoms with E-state index in [-0.39, 0.29) is 0 Å². The number of nitrogens with one attached hydrogen (secondary N) is 2. The summed E-state index contributed by atoms with van der Waals surface area (Å²) >= 11 is 0. The molecule has 184 valence electrons. The Morgan fingerprint density at radius 3 is 1.69 bits per heavy atom. The average Bonchev–Trinajstić information content (AvgIpc) is 2.85. The summed E-state index contributed by atoms with van der Waals surface area (Å²) in [6.45, 7) is 10.1. The number of carbonyl (C=O) groups excluding carboxylic acids is 2. The topological polar surface area (TPSA) is 76.7 Å². The maximum absolute atomic E-state index is 12.7. The van der Waals surface area contributed by atoms with Gasteiger partial charge in [-0.2, -0.15) is 0 Å². The van der Waals surface area contributed by atoms with E-state index in [2.05, 4.69) is 24.5 Å². The van der Waals surface area contributed by atoms with Gasteiger partial charge < -0.3 is 9.47 Å². The molecule has 3 aromatic carbocycles. The van der Waals surface area contributed by atoms with Crippen molar-refractivity contribution in [3.8, 4) is 11.5 Å². The minimum atomic E-state index is -0.589. The standard InChI is InChI=1S/C29H34N2O4/c1-6-20-12-10-14-26(23(20)8-3)34-28(32)30-22-17-16-19(5)25(18-22)31-29(33)35-27-15-11-13-21(7-2)24(27)9-4/h10-18H,6-9H2,1-5H3,(H,30,32)(H,31,33). The van der Waals surface area contributed by atoms with Gasteiger partial charge in [0.1, 0.15) is 11.5 Å². The van der Waals surface area contributed by atoms with Crippen molar-refractivity contribution in [3.05, 3.63) is 82.4 Å². The monoisotopic (exact) mass is 474 g/mol. The van der Waals surface area contributed by atoms with Crippen LogP contribution in [0.15, 0.2) is 54.6 Å². The Morgan fingerprint density at radius 2 is 1.20 bits per heavy atom. The highest BCUT2D eigenvalue weighted by Crippen LogP contribution is 2.27. The average molecular weight is 475 g/mol. The van der Waals surface area contributed by atoms with Crippen molar-refractivity contribution in [2.45, 2.75) is 60.3 Å². The van der Waals surface area contributed by atoms with Crippen LogP contribution in [0.5, 0.6) is 11.5 Å². The molecule has 2 amide bonds. The molecule has 35 heavy (non-hydrogen) atoms. The molecule has 0 saturated carbocycles. The molecule has 6 heteroatoms. The molecule has 0 spiro atoms. The first-order chi connectivity index (χ1) is 16.9. The molecular weight excluding hydrogens is 440 g/mol. The van der Waals surface area contributed by atoms with Gasteiger partial charge in [-0.3, -0.25) is 10.6 Å². The Balaban J connectivity index is 1.70. The quantitative estimate of drug-likeness (QED) is 0.355. The van der Waals surface area contributed by atoms with Crippen molar-refractivity contribution in [1.82, 2.24) is 0 Å². The highest BCUT2D eigenvalue weighted by Gasteiger charge is 2.15. The van der Waals surface area contributed by atoms with E-state index in [1.54, 1.807) is 24.3 Å². The fourth-order valence-corrected chi connectivity index (χ4v) is 4.19. The van der Waals surface area contributed by atoms with E-state index in [0.717, 1.165) is 53.5 Å². The summed E-state index contributed by atoms with van der Waals surface area (Å²) in [5.41, 5.74) is 6.25. The highest BCUT2D eigenvalue weighted by molar-refractivity contribution is 5.91. The van der Waals surface area contributed by atoms with Crippen LogP contribution in [0.1, 0.15) is 55.5 Å². The number of aryl methyl sites for hydroxylation is 3. The highest BCUT2D eigenvalue weighted by atomic mass is 16.6. The number of hydrogen-bond acceptors (Lipinski definition) is 4. The van der Waals surface area contributed by atoms with Gasteiger partial charge in [0.15, 0.2) is 0 Å². The molecule has 0 heterocycles. The zero-order valence-electron chi connectivity index (χ0n) is 21.2. The van der Waals surface area contributed by atoms with E-state index in [1.807, 2.05) is 51.1 Å². The fourth-order valence-electron chi connectivity index (χ4n) is 4.19. The third-order valence-electron chi connectivity index (χ3n) is 6.06. The molecule has 0 aliphatic carbocycles.